The number of amides is 1. The monoisotopic (exact) mass is 236 g/mol. The first-order chi connectivity index (χ1) is 8.27. The van der Waals surface area contributed by atoms with Gasteiger partial charge in [-0.15, -0.1) is 0 Å². The highest BCUT2D eigenvalue weighted by Crippen LogP contribution is 2.00. The van der Waals surface area contributed by atoms with Gasteiger partial charge in [0.15, 0.2) is 5.76 Å². The molecule has 17 heavy (non-hydrogen) atoms. The van der Waals surface area contributed by atoms with E-state index in [1.165, 1.54) is 6.26 Å². The topological polar surface area (TPSA) is 69.9 Å². The standard InChI is InChI=1S/C11H16N4O2/c1-15(11-12-6-2-3-7-13-11)14-10(16)9-5-4-8-17-9/h4-5,8H,2-3,6-7H2,1H3,(H,12,13)(H,14,16). The average Bonchev–Trinajstić information content (AvgIpc) is 2.71. The average molecular weight is 236 g/mol. The van der Waals surface area contributed by atoms with Crippen molar-refractivity contribution in [1.29, 1.82) is 0 Å². The summed E-state index contributed by atoms with van der Waals surface area (Å²) in [7, 11) is 1.75. The Labute approximate surface area is 99.7 Å². The summed E-state index contributed by atoms with van der Waals surface area (Å²) in [5.41, 5.74) is 2.69. The molecule has 0 aromatic carbocycles. The lowest BCUT2D eigenvalue weighted by atomic mass is 10.3. The highest BCUT2D eigenvalue weighted by Gasteiger charge is 2.14. The Hall–Kier alpha value is -1.98. The van der Waals surface area contributed by atoms with Crippen LogP contribution >= 0.6 is 0 Å². The summed E-state index contributed by atoms with van der Waals surface area (Å²) in [5.74, 6) is 0.680. The summed E-state index contributed by atoms with van der Waals surface area (Å²) in [5, 5.41) is 4.74. The third-order valence-corrected chi connectivity index (χ3v) is 2.46. The van der Waals surface area contributed by atoms with E-state index in [-0.39, 0.29) is 11.7 Å². The molecule has 1 aliphatic heterocycles. The molecule has 0 atom stereocenters. The fourth-order valence-electron chi connectivity index (χ4n) is 1.57. The second-order valence-electron chi connectivity index (χ2n) is 3.82. The van der Waals surface area contributed by atoms with Gasteiger partial charge in [0, 0.05) is 20.1 Å². The maximum absolute atomic E-state index is 11.7. The normalized spacial score (nSPS) is 15.5. The molecule has 0 unspecified atom stereocenters. The lowest BCUT2D eigenvalue weighted by Gasteiger charge is -2.21. The molecule has 92 valence electrons. The van der Waals surface area contributed by atoms with Crippen molar-refractivity contribution >= 4 is 11.9 Å². The number of hydrogen-bond donors (Lipinski definition) is 2. The van der Waals surface area contributed by atoms with Crippen LogP contribution in [0.3, 0.4) is 0 Å². The molecule has 0 spiro atoms. The molecule has 0 aliphatic carbocycles. The van der Waals surface area contributed by atoms with Crippen molar-refractivity contribution in [3.63, 3.8) is 0 Å². The van der Waals surface area contributed by atoms with Gasteiger partial charge in [-0.05, 0) is 25.0 Å². The van der Waals surface area contributed by atoms with Crippen molar-refractivity contribution in [2.45, 2.75) is 12.8 Å². The zero-order chi connectivity index (χ0) is 12.1. The van der Waals surface area contributed by atoms with Crippen LogP contribution in [0.5, 0.6) is 0 Å². The minimum atomic E-state index is -0.286. The molecule has 1 aliphatic rings. The maximum atomic E-state index is 11.7. The number of rotatable bonds is 1. The number of guanidine groups is 1. The second-order valence-corrected chi connectivity index (χ2v) is 3.82. The van der Waals surface area contributed by atoms with Crippen LogP contribution in [0.1, 0.15) is 23.4 Å². The van der Waals surface area contributed by atoms with Gasteiger partial charge in [-0.25, -0.2) is 0 Å². The second kappa shape index (κ2) is 5.38. The number of nitrogens with zero attached hydrogens (tertiary/aromatic N) is 2. The number of hydrogen-bond acceptors (Lipinski definition) is 5. The van der Waals surface area contributed by atoms with Crippen LogP contribution in [0.4, 0.5) is 0 Å². The molecule has 6 nitrogen and oxygen atoms in total. The van der Waals surface area contributed by atoms with Gasteiger partial charge < -0.3 is 9.73 Å². The van der Waals surface area contributed by atoms with Crippen LogP contribution in [0.25, 0.3) is 0 Å². The molecule has 1 amide bonds. The number of carbonyl (C=O) groups is 1. The summed E-state index contributed by atoms with van der Waals surface area (Å²) < 4.78 is 5.01. The van der Waals surface area contributed by atoms with E-state index in [1.807, 2.05) is 0 Å². The summed E-state index contributed by atoms with van der Waals surface area (Å²) >= 11 is 0. The first-order valence-electron chi connectivity index (χ1n) is 5.64. The third kappa shape index (κ3) is 2.99. The van der Waals surface area contributed by atoms with Gasteiger partial charge in [-0.2, -0.15) is 0 Å². The van der Waals surface area contributed by atoms with Gasteiger partial charge in [-0.3, -0.25) is 20.2 Å². The van der Waals surface area contributed by atoms with Crippen LogP contribution in [-0.2, 0) is 0 Å². The highest BCUT2D eigenvalue weighted by atomic mass is 16.3. The van der Waals surface area contributed by atoms with Gasteiger partial charge in [0.1, 0.15) is 0 Å². The summed E-state index contributed by atoms with van der Waals surface area (Å²) in [6.45, 7) is 1.66. The molecular formula is C11H16N4O2. The number of aliphatic imine (C=N–C) groups is 1. The molecule has 2 N–H and O–H groups in total. The minimum Gasteiger partial charge on any atom is -0.459 e. The molecular weight excluding hydrogens is 220 g/mol. The Kier molecular flexibility index (Phi) is 3.64. The molecule has 0 saturated heterocycles. The molecule has 0 bridgehead atoms. The third-order valence-electron chi connectivity index (χ3n) is 2.46. The SMILES string of the molecule is CN(NC(=O)c1ccco1)C1=NCCCCN1. The zero-order valence-corrected chi connectivity index (χ0v) is 9.77. The molecule has 0 fully saturated rings. The van der Waals surface area contributed by atoms with Gasteiger partial charge in [0.05, 0.1) is 6.26 Å². The van der Waals surface area contributed by atoms with Crippen molar-refractivity contribution < 1.29 is 9.21 Å². The molecule has 6 heteroatoms. The van der Waals surface area contributed by atoms with Crippen molar-refractivity contribution in [2.75, 3.05) is 20.1 Å². The summed E-state index contributed by atoms with van der Waals surface area (Å²) in [6.07, 6.45) is 3.62. The molecule has 2 heterocycles. The lowest BCUT2D eigenvalue weighted by Crippen LogP contribution is -2.49. The number of carbonyl (C=O) groups excluding carboxylic acids is 1. The van der Waals surface area contributed by atoms with E-state index in [2.05, 4.69) is 15.7 Å². The fourth-order valence-corrected chi connectivity index (χ4v) is 1.57. The van der Waals surface area contributed by atoms with Crippen LogP contribution in [0.2, 0.25) is 0 Å². The lowest BCUT2D eigenvalue weighted by molar-refractivity contribution is 0.0855. The highest BCUT2D eigenvalue weighted by molar-refractivity contribution is 5.93. The predicted molar refractivity (Wildman–Crippen MR) is 63.5 cm³/mol. The van der Waals surface area contributed by atoms with E-state index in [1.54, 1.807) is 24.2 Å². The van der Waals surface area contributed by atoms with Gasteiger partial charge in [-0.1, -0.05) is 0 Å². The smallest absolute Gasteiger partial charge is 0.305 e. The predicted octanol–water partition coefficient (Wildman–Crippen LogP) is 0.596. The van der Waals surface area contributed by atoms with Crippen molar-refractivity contribution in [2.24, 2.45) is 4.99 Å². The fraction of sp³-hybridized carbons (Fsp3) is 0.455. The quantitative estimate of drug-likeness (QED) is 0.700. The summed E-state index contributed by atoms with van der Waals surface area (Å²) in [6, 6.07) is 3.29. The number of nitrogens with one attached hydrogen (secondary N) is 2. The van der Waals surface area contributed by atoms with E-state index in [0.717, 1.165) is 25.9 Å². The largest absolute Gasteiger partial charge is 0.459 e. The van der Waals surface area contributed by atoms with Crippen LogP contribution in [-0.4, -0.2) is 37.0 Å². The first-order valence-corrected chi connectivity index (χ1v) is 5.64. The van der Waals surface area contributed by atoms with Crippen molar-refractivity contribution in [1.82, 2.24) is 15.8 Å². The Morgan fingerprint density at radius 3 is 3.24 bits per heavy atom. The first kappa shape index (κ1) is 11.5. The molecule has 1 aromatic heterocycles. The summed E-state index contributed by atoms with van der Waals surface area (Å²) in [4.78, 5) is 16.1. The molecule has 2 rings (SSSR count). The van der Waals surface area contributed by atoms with Crippen LogP contribution in [0.15, 0.2) is 27.8 Å². The van der Waals surface area contributed by atoms with Gasteiger partial charge in [0.2, 0.25) is 5.96 Å². The Bertz CT molecular complexity index is 400. The molecule has 0 radical (unpaired) electrons. The number of furan rings is 1. The van der Waals surface area contributed by atoms with E-state index in [9.17, 15) is 4.79 Å². The number of hydrazine groups is 1. The van der Waals surface area contributed by atoms with E-state index < -0.39 is 0 Å². The van der Waals surface area contributed by atoms with Crippen molar-refractivity contribution in [3.8, 4) is 0 Å². The zero-order valence-electron chi connectivity index (χ0n) is 9.77. The van der Waals surface area contributed by atoms with Crippen LogP contribution < -0.4 is 10.7 Å². The Morgan fingerprint density at radius 1 is 1.59 bits per heavy atom. The maximum Gasteiger partial charge on any atom is 0.305 e. The Morgan fingerprint density at radius 2 is 2.47 bits per heavy atom. The molecule has 0 saturated carbocycles. The van der Waals surface area contributed by atoms with Crippen molar-refractivity contribution in [3.05, 3.63) is 24.2 Å². The Balaban J connectivity index is 1.94. The van der Waals surface area contributed by atoms with E-state index >= 15 is 0 Å². The molecule has 1 aromatic rings. The van der Waals surface area contributed by atoms with Gasteiger partial charge in [0.25, 0.3) is 0 Å². The van der Waals surface area contributed by atoms with Gasteiger partial charge >= 0.3 is 5.91 Å². The van der Waals surface area contributed by atoms with Crippen LogP contribution in [0, 0.1) is 0 Å². The minimum absolute atomic E-state index is 0.283. The van der Waals surface area contributed by atoms with E-state index in [0.29, 0.717) is 5.96 Å². The van der Waals surface area contributed by atoms with E-state index in [4.69, 9.17) is 4.42 Å².